The van der Waals surface area contributed by atoms with Crippen LogP contribution in [0.5, 0.6) is 0 Å². The van der Waals surface area contributed by atoms with Crippen LogP contribution in [0.4, 0.5) is 17.1 Å². The summed E-state index contributed by atoms with van der Waals surface area (Å²) in [5, 5.41) is 3.10. The lowest BCUT2D eigenvalue weighted by Crippen LogP contribution is -2.38. The molecule has 4 nitrogen and oxygen atoms in total. The molecule has 3 N–H and O–H groups in total. The molecular weight excluding hydrogens is 390 g/mol. The molecule has 26 heavy (non-hydrogen) atoms. The van der Waals surface area contributed by atoms with Crippen molar-refractivity contribution in [1.29, 1.82) is 0 Å². The number of halogens is 1. The molecular formula is C21H26BrN3O. The molecule has 138 valence electrons. The van der Waals surface area contributed by atoms with Crippen molar-refractivity contribution >= 4 is 38.9 Å². The molecule has 1 aliphatic rings. The van der Waals surface area contributed by atoms with Gasteiger partial charge in [-0.05, 0) is 81.5 Å². The average molecular weight is 416 g/mol. The molecule has 1 atom stereocenters. The maximum atomic E-state index is 13.1. The van der Waals surface area contributed by atoms with Crippen molar-refractivity contribution in [2.75, 3.05) is 22.5 Å². The predicted octanol–water partition coefficient (Wildman–Crippen LogP) is 5.28. The Balaban J connectivity index is 1.96. The highest BCUT2D eigenvalue weighted by Gasteiger charge is 2.24. The van der Waals surface area contributed by atoms with Crippen molar-refractivity contribution in [3.05, 3.63) is 51.5 Å². The van der Waals surface area contributed by atoms with Gasteiger partial charge in [-0.3, -0.25) is 4.79 Å². The molecule has 1 aliphatic heterocycles. The topological polar surface area (TPSA) is 58.4 Å². The molecule has 5 heteroatoms. The van der Waals surface area contributed by atoms with Gasteiger partial charge in [0.25, 0.3) is 5.91 Å². The molecule has 1 heterocycles. The number of benzene rings is 2. The Kier molecular flexibility index (Phi) is 5.56. The number of hydrogen-bond acceptors (Lipinski definition) is 3. The van der Waals surface area contributed by atoms with E-state index in [1.165, 1.54) is 6.42 Å². The molecule has 0 aliphatic carbocycles. The molecule has 0 radical (unpaired) electrons. The Morgan fingerprint density at radius 1 is 1.19 bits per heavy atom. The minimum absolute atomic E-state index is 0.112. The van der Waals surface area contributed by atoms with Crippen molar-refractivity contribution in [3.63, 3.8) is 0 Å². The summed E-state index contributed by atoms with van der Waals surface area (Å²) >= 11 is 3.50. The zero-order valence-electron chi connectivity index (χ0n) is 15.6. The van der Waals surface area contributed by atoms with Crippen LogP contribution in [-0.2, 0) is 0 Å². The van der Waals surface area contributed by atoms with Gasteiger partial charge in [0.2, 0.25) is 0 Å². The maximum absolute atomic E-state index is 13.1. The van der Waals surface area contributed by atoms with E-state index in [1.54, 1.807) is 6.07 Å². The van der Waals surface area contributed by atoms with E-state index in [0.717, 1.165) is 46.4 Å². The number of carbonyl (C=O) groups excluding carboxylic acids is 1. The van der Waals surface area contributed by atoms with Gasteiger partial charge in [-0.2, -0.15) is 0 Å². The van der Waals surface area contributed by atoms with E-state index in [2.05, 4.69) is 33.1 Å². The largest absolute Gasteiger partial charge is 0.399 e. The van der Waals surface area contributed by atoms with E-state index in [0.29, 0.717) is 17.3 Å². The van der Waals surface area contributed by atoms with E-state index in [9.17, 15) is 4.79 Å². The molecule has 3 rings (SSSR count). The van der Waals surface area contributed by atoms with Crippen LogP contribution >= 0.6 is 15.9 Å². The van der Waals surface area contributed by atoms with Crippen LogP contribution < -0.4 is 16.0 Å². The van der Waals surface area contributed by atoms with Gasteiger partial charge in [0.05, 0.1) is 5.56 Å². The lowest BCUT2D eigenvalue weighted by molar-refractivity contribution is 0.102. The van der Waals surface area contributed by atoms with Gasteiger partial charge in [0, 0.05) is 34.1 Å². The number of carbonyl (C=O) groups is 1. The highest BCUT2D eigenvalue weighted by Crippen LogP contribution is 2.31. The Hall–Kier alpha value is -2.01. The second kappa shape index (κ2) is 7.70. The maximum Gasteiger partial charge on any atom is 0.257 e. The fourth-order valence-electron chi connectivity index (χ4n) is 3.73. The van der Waals surface area contributed by atoms with Crippen molar-refractivity contribution in [2.24, 2.45) is 0 Å². The number of aryl methyl sites for hydroxylation is 2. The minimum atomic E-state index is -0.112. The van der Waals surface area contributed by atoms with Crippen molar-refractivity contribution in [2.45, 2.75) is 46.1 Å². The predicted molar refractivity (Wildman–Crippen MR) is 113 cm³/mol. The van der Waals surface area contributed by atoms with Gasteiger partial charge < -0.3 is 16.0 Å². The van der Waals surface area contributed by atoms with E-state index in [-0.39, 0.29) is 5.91 Å². The summed E-state index contributed by atoms with van der Waals surface area (Å²) in [4.78, 5) is 15.5. The smallest absolute Gasteiger partial charge is 0.257 e. The third-order valence-electron chi connectivity index (χ3n) is 5.11. The standard InChI is InChI=1S/C21H26BrN3O/c1-13-10-16(22)11-14(2)20(13)24-21(26)18-12-17(23)7-8-19(18)25-9-5-4-6-15(25)3/h7-8,10-12,15H,4-6,9,23H2,1-3H3,(H,24,26)/t15-/m1/s1. The minimum Gasteiger partial charge on any atom is -0.399 e. The van der Waals surface area contributed by atoms with E-state index in [1.807, 2.05) is 38.1 Å². The quantitative estimate of drug-likeness (QED) is 0.670. The zero-order chi connectivity index (χ0) is 18.8. The first-order valence-electron chi connectivity index (χ1n) is 9.11. The van der Waals surface area contributed by atoms with E-state index in [4.69, 9.17) is 5.73 Å². The molecule has 0 aromatic heterocycles. The third-order valence-corrected chi connectivity index (χ3v) is 5.57. The SMILES string of the molecule is Cc1cc(Br)cc(C)c1NC(=O)c1cc(N)ccc1N1CCCC[C@H]1C. The summed E-state index contributed by atoms with van der Waals surface area (Å²) < 4.78 is 1.01. The van der Waals surface area contributed by atoms with Crippen LogP contribution in [0.1, 0.15) is 47.7 Å². The Morgan fingerprint density at radius 3 is 2.54 bits per heavy atom. The van der Waals surface area contributed by atoms with Crippen LogP contribution in [0.25, 0.3) is 0 Å². The van der Waals surface area contributed by atoms with Crippen LogP contribution in [0, 0.1) is 13.8 Å². The Bertz CT molecular complexity index is 811. The van der Waals surface area contributed by atoms with Gasteiger partial charge in [-0.15, -0.1) is 0 Å². The molecule has 1 fully saturated rings. The first-order chi connectivity index (χ1) is 12.4. The number of nitrogen functional groups attached to an aromatic ring is 1. The molecule has 0 unspecified atom stereocenters. The first-order valence-corrected chi connectivity index (χ1v) is 9.90. The number of piperidine rings is 1. The second-order valence-corrected chi connectivity index (χ2v) is 8.10. The van der Waals surface area contributed by atoms with Crippen molar-refractivity contribution in [1.82, 2.24) is 0 Å². The molecule has 0 saturated carbocycles. The average Bonchev–Trinajstić information content (AvgIpc) is 2.58. The number of hydrogen-bond donors (Lipinski definition) is 2. The number of anilines is 3. The molecule has 2 aromatic carbocycles. The fourth-order valence-corrected chi connectivity index (χ4v) is 4.42. The molecule has 1 saturated heterocycles. The number of amides is 1. The fraction of sp³-hybridized carbons (Fsp3) is 0.381. The van der Waals surface area contributed by atoms with Crippen molar-refractivity contribution in [3.8, 4) is 0 Å². The third kappa shape index (κ3) is 3.88. The van der Waals surface area contributed by atoms with Crippen LogP contribution in [0.15, 0.2) is 34.8 Å². The number of rotatable bonds is 3. The lowest BCUT2D eigenvalue weighted by Gasteiger charge is -2.36. The monoisotopic (exact) mass is 415 g/mol. The Morgan fingerprint density at radius 2 is 1.88 bits per heavy atom. The summed E-state index contributed by atoms with van der Waals surface area (Å²) in [6, 6.07) is 10.1. The normalized spacial score (nSPS) is 17.2. The lowest BCUT2D eigenvalue weighted by atomic mass is 10.00. The molecule has 0 spiro atoms. The number of nitrogens with two attached hydrogens (primary N) is 1. The molecule has 1 amide bonds. The van der Waals surface area contributed by atoms with E-state index < -0.39 is 0 Å². The summed E-state index contributed by atoms with van der Waals surface area (Å²) in [7, 11) is 0. The van der Waals surface area contributed by atoms with E-state index >= 15 is 0 Å². The molecule has 0 bridgehead atoms. The van der Waals surface area contributed by atoms with Crippen molar-refractivity contribution < 1.29 is 4.79 Å². The van der Waals surface area contributed by atoms with Gasteiger partial charge in [0.1, 0.15) is 0 Å². The Labute approximate surface area is 163 Å². The number of nitrogens with zero attached hydrogens (tertiary/aromatic N) is 1. The van der Waals surface area contributed by atoms with Gasteiger partial charge in [0.15, 0.2) is 0 Å². The summed E-state index contributed by atoms with van der Waals surface area (Å²) in [5.74, 6) is -0.112. The van der Waals surface area contributed by atoms with Crippen LogP contribution in [0.2, 0.25) is 0 Å². The van der Waals surface area contributed by atoms with Gasteiger partial charge in [-0.1, -0.05) is 15.9 Å². The van der Waals surface area contributed by atoms with Gasteiger partial charge in [-0.25, -0.2) is 0 Å². The summed E-state index contributed by atoms with van der Waals surface area (Å²) in [6.07, 6.45) is 3.54. The zero-order valence-corrected chi connectivity index (χ0v) is 17.2. The highest BCUT2D eigenvalue weighted by molar-refractivity contribution is 9.10. The first kappa shape index (κ1) is 18.8. The summed E-state index contributed by atoms with van der Waals surface area (Å²) in [5.41, 5.74) is 11.1. The van der Waals surface area contributed by atoms with Gasteiger partial charge >= 0.3 is 0 Å². The van der Waals surface area contributed by atoms with Crippen LogP contribution in [-0.4, -0.2) is 18.5 Å². The molecule has 2 aromatic rings. The highest BCUT2D eigenvalue weighted by atomic mass is 79.9. The second-order valence-electron chi connectivity index (χ2n) is 7.18. The van der Waals surface area contributed by atoms with Crippen LogP contribution in [0.3, 0.4) is 0 Å². The summed E-state index contributed by atoms with van der Waals surface area (Å²) in [6.45, 7) is 7.20. The number of nitrogens with one attached hydrogen (secondary N) is 1.